The number of rotatable bonds is 2. The number of carbonyl (C=O) groups is 1. The zero-order chi connectivity index (χ0) is 22.4. The van der Waals surface area contributed by atoms with Gasteiger partial charge in [0, 0.05) is 49.7 Å². The molecule has 1 amide bonds. The summed E-state index contributed by atoms with van der Waals surface area (Å²) in [4.78, 5) is 19.4. The Morgan fingerprint density at radius 2 is 1.97 bits per heavy atom. The van der Waals surface area contributed by atoms with Crippen molar-refractivity contribution in [2.45, 2.75) is 57.2 Å². The first kappa shape index (κ1) is 20.7. The van der Waals surface area contributed by atoms with Gasteiger partial charge in [-0.25, -0.2) is 0 Å². The Morgan fingerprint density at radius 1 is 1.12 bits per heavy atom. The number of fused-ring (bicyclic) bond motifs is 2. The molecule has 33 heavy (non-hydrogen) atoms. The molecule has 5 heteroatoms. The maximum atomic E-state index is 12.7. The zero-order valence-electron chi connectivity index (χ0n) is 19.2. The van der Waals surface area contributed by atoms with Gasteiger partial charge in [0.25, 0.3) is 5.91 Å². The molecule has 3 aliphatic rings. The number of carbonyl (C=O) groups excluding carboxylic acids is 1. The second kappa shape index (κ2) is 8.14. The molecule has 0 unspecified atom stereocenters. The maximum absolute atomic E-state index is 12.7. The summed E-state index contributed by atoms with van der Waals surface area (Å²) in [6.07, 6.45) is 7.40. The summed E-state index contributed by atoms with van der Waals surface area (Å²) >= 11 is 0. The van der Waals surface area contributed by atoms with E-state index in [1.807, 2.05) is 17.2 Å². The lowest BCUT2D eigenvalue weighted by Gasteiger charge is -2.45. The van der Waals surface area contributed by atoms with Gasteiger partial charge in [0.05, 0.1) is 5.52 Å². The lowest BCUT2D eigenvalue weighted by molar-refractivity contribution is -0.144. The van der Waals surface area contributed by atoms with Crippen LogP contribution in [0.2, 0.25) is 0 Å². The average Bonchev–Trinajstić information content (AvgIpc) is 3.40. The molecule has 2 aromatic carbocycles. The highest BCUT2D eigenvalue weighted by atomic mass is 16.5. The lowest BCUT2D eigenvalue weighted by Crippen LogP contribution is -2.52. The fourth-order valence-electron chi connectivity index (χ4n) is 5.72. The normalized spacial score (nSPS) is 21.7. The molecule has 5 nitrogen and oxygen atoms in total. The van der Waals surface area contributed by atoms with Crippen LogP contribution in [0.25, 0.3) is 22.0 Å². The van der Waals surface area contributed by atoms with Gasteiger partial charge >= 0.3 is 0 Å². The first-order valence-electron chi connectivity index (χ1n) is 12.2. The molecule has 170 valence electrons. The van der Waals surface area contributed by atoms with E-state index in [-0.39, 0.29) is 17.6 Å². The fourth-order valence-corrected chi connectivity index (χ4v) is 5.72. The summed E-state index contributed by atoms with van der Waals surface area (Å²) in [7, 11) is 0. The lowest BCUT2D eigenvalue weighted by atomic mass is 9.82. The summed E-state index contributed by atoms with van der Waals surface area (Å²) in [5.41, 5.74) is 5.79. The van der Waals surface area contributed by atoms with Crippen LogP contribution in [0.5, 0.6) is 5.75 Å². The molecule has 0 aliphatic carbocycles. The molecule has 1 spiro atoms. The van der Waals surface area contributed by atoms with E-state index >= 15 is 0 Å². The summed E-state index contributed by atoms with van der Waals surface area (Å²) in [6.45, 7) is 4.41. The number of benzene rings is 2. The summed E-state index contributed by atoms with van der Waals surface area (Å²) < 4.78 is 12.2. The number of likely N-dealkylation sites (tertiary alicyclic amines) is 1. The van der Waals surface area contributed by atoms with Gasteiger partial charge in [0.15, 0.2) is 0 Å². The number of amides is 1. The van der Waals surface area contributed by atoms with Crippen LogP contribution in [-0.2, 0) is 16.0 Å². The minimum Gasteiger partial charge on any atom is -0.487 e. The van der Waals surface area contributed by atoms with E-state index in [0.717, 1.165) is 62.9 Å². The minimum atomic E-state index is -0.224. The summed E-state index contributed by atoms with van der Waals surface area (Å²) in [5, 5.41) is 1.20. The molecule has 0 bridgehead atoms. The number of para-hydroxylation sites is 1. The Bertz CT molecular complexity index is 1210. The van der Waals surface area contributed by atoms with Crippen molar-refractivity contribution in [1.82, 2.24) is 9.88 Å². The molecule has 1 atom stereocenters. The van der Waals surface area contributed by atoms with E-state index in [1.165, 1.54) is 27.6 Å². The number of ether oxygens (including phenoxy) is 2. The van der Waals surface area contributed by atoms with Gasteiger partial charge in [-0.05, 0) is 67.5 Å². The second-order valence-corrected chi connectivity index (χ2v) is 9.75. The Kier molecular flexibility index (Phi) is 5.10. The second-order valence-electron chi connectivity index (χ2n) is 9.75. The van der Waals surface area contributed by atoms with Crippen molar-refractivity contribution < 1.29 is 14.3 Å². The first-order chi connectivity index (χ1) is 16.1. The molecular weight excluding hydrogens is 412 g/mol. The Labute approximate surface area is 194 Å². The molecule has 4 heterocycles. The number of pyridine rings is 1. The van der Waals surface area contributed by atoms with Gasteiger partial charge in [-0.2, -0.15) is 0 Å². The predicted molar refractivity (Wildman–Crippen MR) is 128 cm³/mol. The van der Waals surface area contributed by atoms with Gasteiger partial charge in [-0.3, -0.25) is 9.78 Å². The molecule has 2 saturated heterocycles. The van der Waals surface area contributed by atoms with Gasteiger partial charge in [-0.1, -0.05) is 24.3 Å². The fraction of sp³-hybridized carbons (Fsp3) is 0.429. The van der Waals surface area contributed by atoms with Crippen LogP contribution in [0.3, 0.4) is 0 Å². The van der Waals surface area contributed by atoms with Crippen LogP contribution in [0.1, 0.15) is 43.2 Å². The zero-order valence-corrected chi connectivity index (χ0v) is 19.2. The number of piperidine rings is 1. The average molecular weight is 443 g/mol. The predicted octanol–water partition coefficient (Wildman–Crippen LogP) is 5.08. The van der Waals surface area contributed by atoms with Crippen molar-refractivity contribution in [2.75, 3.05) is 19.7 Å². The molecule has 2 fully saturated rings. The number of aryl methyl sites for hydroxylation is 2. The monoisotopic (exact) mass is 442 g/mol. The van der Waals surface area contributed by atoms with Crippen LogP contribution in [0, 0.1) is 6.92 Å². The quantitative estimate of drug-likeness (QED) is 0.556. The third-order valence-electron chi connectivity index (χ3n) is 7.78. The van der Waals surface area contributed by atoms with E-state index in [0.29, 0.717) is 6.61 Å². The van der Waals surface area contributed by atoms with E-state index in [9.17, 15) is 4.79 Å². The number of hydrogen-bond donors (Lipinski definition) is 0. The van der Waals surface area contributed by atoms with E-state index < -0.39 is 0 Å². The molecule has 0 saturated carbocycles. The molecule has 1 aromatic heterocycles. The molecular formula is C28H30N2O3. The number of nitrogens with zero attached hydrogens (tertiary/aromatic N) is 2. The van der Waals surface area contributed by atoms with Crippen molar-refractivity contribution in [3.05, 3.63) is 59.8 Å². The van der Waals surface area contributed by atoms with Crippen LogP contribution in [-0.4, -0.2) is 47.2 Å². The Balaban J connectivity index is 1.19. The highest BCUT2D eigenvalue weighted by molar-refractivity contribution is 5.88. The van der Waals surface area contributed by atoms with E-state index in [2.05, 4.69) is 48.3 Å². The smallest absolute Gasteiger partial charge is 0.251 e. The van der Waals surface area contributed by atoms with Gasteiger partial charge in [0.1, 0.15) is 17.5 Å². The topological polar surface area (TPSA) is 51.7 Å². The van der Waals surface area contributed by atoms with Gasteiger partial charge < -0.3 is 14.4 Å². The van der Waals surface area contributed by atoms with Crippen LogP contribution < -0.4 is 4.74 Å². The maximum Gasteiger partial charge on any atom is 0.251 e. The van der Waals surface area contributed by atoms with E-state index in [1.54, 1.807) is 0 Å². The molecule has 3 aliphatic heterocycles. The highest BCUT2D eigenvalue weighted by Gasteiger charge is 2.41. The first-order valence-corrected chi connectivity index (χ1v) is 12.2. The van der Waals surface area contributed by atoms with Crippen molar-refractivity contribution in [3.8, 4) is 16.9 Å². The Hall–Kier alpha value is -2.92. The number of hydrogen-bond acceptors (Lipinski definition) is 4. The van der Waals surface area contributed by atoms with Crippen molar-refractivity contribution in [1.29, 1.82) is 0 Å². The Morgan fingerprint density at radius 3 is 2.79 bits per heavy atom. The SMILES string of the molecule is Cc1c(-c2ccc3c(c2)CCC2(CCN(C(=O)[C@H]4CCCO4)CC2)O3)cnc2ccccc12. The molecule has 6 rings (SSSR count). The van der Waals surface area contributed by atoms with Crippen LogP contribution >= 0.6 is 0 Å². The molecule has 3 aromatic rings. The molecule has 0 N–H and O–H groups in total. The highest BCUT2D eigenvalue weighted by Crippen LogP contribution is 2.41. The standard InChI is InChI=1S/C28H30N2O3/c1-19-22-5-2-3-6-24(22)29-18-23(19)20-8-9-25-21(17-20)10-11-28(33-25)12-14-30(15-13-28)27(31)26-7-4-16-32-26/h2-3,5-6,8-9,17-18,26H,4,7,10-16H2,1H3/t26-/m1/s1. The molecule has 0 radical (unpaired) electrons. The van der Waals surface area contributed by atoms with Gasteiger partial charge in [-0.15, -0.1) is 0 Å². The third kappa shape index (κ3) is 3.68. The van der Waals surface area contributed by atoms with Crippen molar-refractivity contribution in [2.24, 2.45) is 0 Å². The van der Waals surface area contributed by atoms with Crippen molar-refractivity contribution >= 4 is 16.8 Å². The summed E-state index contributed by atoms with van der Waals surface area (Å²) in [6, 6.07) is 14.9. The largest absolute Gasteiger partial charge is 0.487 e. The van der Waals surface area contributed by atoms with Gasteiger partial charge in [0.2, 0.25) is 0 Å². The summed E-state index contributed by atoms with van der Waals surface area (Å²) in [5.74, 6) is 1.16. The third-order valence-corrected chi connectivity index (χ3v) is 7.78. The minimum absolute atomic E-state index is 0.151. The van der Waals surface area contributed by atoms with E-state index in [4.69, 9.17) is 9.47 Å². The van der Waals surface area contributed by atoms with Crippen molar-refractivity contribution in [3.63, 3.8) is 0 Å². The van der Waals surface area contributed by atoms with Crippen LogP contribution in [0.4, 0.5) is 0 Å². The number of aromatic nitrogens is 1. The van der Waals surface area contributed by atoms with Crippen LogP contribution in [0.15, 0.2) is 48.7 Å².